The van der Waals surface area contributed by atoms with Crippen molar-refractivity contribution in [1.82, 2.24) is 5.32 Å². The van der Waals surface area contributed by atoms with Gasteiger partial charge in [0.15, 0.2) is 0 Å². The lowest BCUT2D eigenvalue weighted by atomic mass is 9.98. The molecule has 0 fully saturated rings. The molecule has 0 radical (unpaired) electrons. The number of hydrogen-bond donors (Lipinski definition) is 2. The van der Waals surface area contributed by atoms with Gasteiger partial charge in [-0.2, -0.15) is 0 Å². The van der Waals surface area contributed by atoms with Gasteiger partial charge < -0.3 is 14.9 Å². The summed E-state index contributed by atoms with van der Waals surface area (Å²) in [4.78, 5) is 16.1. The first-order valence-corrected chi connectivity index (χ1v) is 7.22. The molecule has 1 amide bonds. The SMILES string of the molecule is NOCCNC(=O)OCC1c2ccccc2-c2ccccc21. The first kappa shape index (κ1) is 14.6. The number of alkyl carbamates (subject to hydrolysis) is 1. The summed E-state index contributed by atoms with van der Waals surface area (Å²) >= 11 is 0. The summed E-state index contributed by atoms with van der Waals surface area (Å²) in [6.07, 6.45) is -0.459. The van der Waals surface area contributed by atoms with E-state index in [9.17, 15) is 4.79 Å². The minimum atomic E-state index is -0.459. The molecule has 5 heteroatoms. The van der Waals surface area contributed by atoms with Crippen molar-refractivity contribution in [3.05, 3.63) is 59.7 Å². The monoisotopic (exact) mass is 298 g/mol. The van der Waals surface area contributed by atoms with E-state index in [0.717, 1.165) is 0 Å². The Morgan fingerprint density at radius 3 is 2.23 bits per heavy atom. The fraction of sp³-hybridized carbons (Fsp3) is 0.235. The standard InChI is InChI=1S/C17H18N2O3/c18-22-10-9-19-17(20)21-11-16-14-7-3-1-5-12(14)13-6-2-4-8-15(13)16/h1-8,16H,9-11,18H2,(H,19,20). The van der Waals surface area contributed by atoms with Crippen LogP contribution >= 0.6 is 0 Å². The van der Waals surface area contributed by atoms with Crippen LogP contribution in [0, 0.1) is 0 Å². The summed E-state index contributed by atoms with van der Waals surface area (Å²) in [5.74, 6) is 4.98. The summed E-state index contributed by atoms with van der Waals surface area (Å²) < 4.78 is 5.34. The van der Waals surface area contributed by atoms with E-state index in [1.165, 1.54) is 22.3 Å². The number of nitrogens with one attached hydrogen (secondary N) is 1. The lowest BCUT2D eigenvalue weighted by molar-refractivity contribution is 0.122. The quantitative estimate of drug-likeness (QED) is 0.657. The van der Waals surface area contributed by atoms with Gasteiger partial charge in [0.05, 0.1) is 6.61 Å². The van der Waals surface area contributed by atoms with E-state index >= 15 is 0 Å². The van der Waals surface area contributed by atoms with E-state index in [4.69, 9.17) is 10.6 Å². The van der Waals surface area contributed by atoms with Gasteiger partial charge in [0.1, 0.15) is 6.61 Å². The highest BCUT2D eigenvalue weighted by molar-refractivity contribution is 5.79. The van der Waals surface area contributed by atoms with Gasteiger partial charge in [-0.15, -0.1) is 0 Å². The Balaban J connectivity index is 1.73. The lowest BCUT2D eigenvalue weighted by Crippen LogP contribution is -2.29. The number of fused-ring (bicyclic) bond motifs is 3. The number of rotatable bonds is 5. The Bertz CT molecular complexity index is 627. The molecule has 2 aromatic carbocycles. The molecule has 114 valence electrons. The van der Waals surface area contributed by atoms with Crippen LogP contribution in [0.1, 0.15) is 17.0 Å². The van der Waals surface area contributed by atoms with Gasteiger partial charge in [0.2, 0.25) is 0 Å². The van der Waals surface area contributed by atoms with Gasteiger partial charge in [-0.25, -0.2) is 10.7 Å². The number of benzene rings is 2. The first-order chi connectivity index (χ1) is 10.8. The van der Waals surface area contributed by atoms with Crippen LogP contribution in [0.5, 0.6) is 0 Å². The molecule has 0 heterocycles. The van der Waals surface area contributed by atoms with E-state index in [-0.39, 0.29) is 12.5 Å². The van der Waals surface area contributed by atoms with Gasteiger partial charge in [0.25, 0.3) is 0 Å². The van der Waals surface area contributed by atoms with Crippen LogP contribution in [-0.4, -0.2) is 25.9 Å². The molecule has 0 saturated carbocycles. The van der Waals surface area contributed by atoms with Gasteiger partial charge >= 0.3 is 6.09 Å². The Morgan fingerprint density at radius 1 is 1.05 bits per heavy atom. The number of amides is 1. The molecule has 0 saturated heterocycles. The molecule has 3 rings (SSSR count). The third-order valence-corrected chi connectivity index (χ3v) is 3.83. The Hall–Kier alpha value is -2.37. The molecule has 22 heavy (non-hydrogen) atoms. The lowest BCUT2D eigenvalue weighted by Gasteiger charge is -2.14. The molecule has 1 aliphatic rings. The van der Waals surface area contributed by atoms with E-state index in [2.05, 4.69) is 34.4 Å². The summed E-state index contributed by atoms with van der Waals surface area (Å²) in [5, 5.41) is 2.59. The molecule has 0 bridgehead atoms. The Labute approximate surface area is 129 Å². The van der Waals surface area contributed by atoms with Crippen molar-refractivity contribution < 1.29 is 14.4 Å². The van der Waals surface area contributed by atoms with Gasteiger partial charge in [-0.05, 0) is 22.3 Å². The van der Waals surface area contributed by atoms with Crippen molar-refractivity contribution >= 4 is 6.09 Å². The molecule has 5 nitrogen and oxygen atoms in total. The van der Waals surface area contributed by atoms with Gasteiger partial charge in [-0.3, -0.25) is 0 Å². The highest BCUT2D eigenvalue weighted by Gasteiger charge is 2.28. The summed E-state index contributed by atoms with van der Waals surface area (Å²) in [6.45, 7) is 0.890. The number of nitrogens with two attached hydrogens (primary N) is 1. The number of carbonyl (C=O) groups excluding carboxylic acids is 1. The average molecular weight is 298 g/mol. The van der Waals surface area contributed by atoms with Crippen LogP contribution < -0.4 is 11.2 Å². The minimum absolute atomic E-state index is 0.0731. The summed E-state index contributed by atoms with van der Waals surface area (Å²) in [7, 11) is 0. The second-order valence-electron chi connectivity index (χ2n) is 5.12. The smallest absolute Gasteiger partial charge is 0.407 e. The largest absolute Gasteiger partial charge is 0.449 e. The van der Waals surface area contributed by atoms with Gasteiger partial charge in [-0.1, -0.05) is 48.5 Å². The molecule has 0 aliphatic heterocycles. The zero-order valence-electron chi connectivity index (χ0n) is 12.1. The normalized spacial score (nSPS) is 12.6. The Kier molecular flexibility index (Phi) is 4.37. The molecule has 0 aromatic heterocycles. The third kappa shape index (κ3) is 2.81. The molecular formula is C17H18N2O3. The van der Waals surface area contributed by atoms with Crippen LogP contribution in [0.2, 0.25) is 0 Å². The average Bonchev–Trinajstić information content (AvgIpc) is 2.87. The molecule has 0 spiro atoms. The minimum Gasteiger partial charge on any atom is -0.449 e. The summed E-state index contributed by atoms with van der Waals surface area (Å²) in [5.41, 5.74) is 4.82. The maximum absolute atomic E-state index is 11.7. The molecule has 2 aromatic rings. The predicted octanol–water partition coefficient (Wildman–Crippen LogP) is 2.42. The summed E-state index contributed by atoms with van der Waals surface area (Å²) in [6, 6.07) is 16.5. The van der Waals surface area contributed by atoms with E-state index < -0.39 is 6.09 Å². The van der Waals surface area contributed by atoms with Crippen LogP contribution in [0.25, 0.3) is 11.1 Å². The zero-order chi connectivity index (χ0) is 15.4. The van der Waals surface area contributed by atoms with Gasteiger partial charge in [0, 0.05) is 12.5 Å². The maximum atomic E-state index is 11.7. The Morgan fingerprint density at radius 2 is 1.64 bits per heavy atom. The van der Waals surface area contributed by atoms with Crippen molar-refractivity contribution in [2.45, 2.75) is 5.92 Å². The van der Waals surface area contributed by atoms with Crippen molar-refractivity contribution in [3.63, 3.8) is 0 Å². The van der Waals surface area contributed by atoms with E-state index in [1.807, 2.05) is 24.3 Å². The van der Waals surface area contributed by atoms with Crippen LogP contribution in [-0.2, 0) is 9.57 Å². The molecule has 3 N–H and O–H groups in total. The predicted molar refractivity (Wildman–Crippen MR) is 83.2 cm³/mol. The fourth-order valence-corrected chi connectivity index (χ4v) is 2.86. The second-order valence-corrected chi connectivity index (χ2v) is 5.12. The topological polar surface area (TPSA) is 73.6 Å². The molecule has 1 aliphatic carbocycles. The fourth-order valence-electron chi connectivity index (χ4n) is 2.86. The maximum Gasteiger partial charge on any atom is 0.407 e. The molecule has 0 unspecified atom stereocenters. The molecular weight excluding hydrogens is 280 g/mol. The molecule has 0 atom stereocenters. The van der Waals surface area contributed by atoms with Crippen molar-refractivity contribution in [1.29, 1.82) is 0 Å². The highest BCUT2D eigenvalue weighted by Crippen LogP contribution is 2.44. The van der Waals surface area contributed by atoms with Crippen LogP contribution in [0.15, 0.2) is 48.5 Å². The highest BCUT2D eigenvalue weighted by atomic mass is 16.6. The second kappa shape index (κ2) is 6.60. The number of hydrogen-bond acceptors (Lipinski definition) is 4. The van der Waals surface area contributed by atoms with E-state index in [1.54, 1.807) is 0 Å². The van der Waals surface area contributed by atoms with E-state index in [0.29, 0.717) is 13.2 Å². The van der Waals surface area contributed by atoms with Crippen LogP contribution in [0.3, 0.4) is 0 Å². The zero-order valence-corrected chi connectivity index (χ0v) is 12.1. The van der Waals surface area contributed by atoms with Crippen molar-refractivity contribution in [2.75, 3.05) is 19.8 Å². The third-order valence-electron chi connectivity index (χ3n) is 3.83. The first-order valence-electron chi connectivity index (χ1n) is 7.22. The van der Waals surface area contributed by atoms with Crippen molar-refractivity contribution in [2.24, 2.45) is 5.90 Å². The number of ether oxygens (including phenoxy) is 1. The van der Waals surface area contributed by atoms with Crippen LogP contribution in [0.4, 0.5) is 4.79 Å². The number of carbonyl (C=O) groups is 1. The van der Waals surface area contributed by atoms with Crippen molar-refractivity contribution in [3.8, 4) is 11.1 Å².